The van der Waals surface area contributed by atoms with E-state index in [-0.39, 0.29) is 0 Å². The van der Waals surface area contributed by atoms with E-state index >= 15 is 0 Å². The summed E-state index contributed by atoms with van der Waals surface area (Å²) in [6.45, 7) is 13.5. The molecule has 0 radical (unpaired) electrons. The maximum atomic E-state index is 3.62. The number of nitrogens with one attached hydrogen (secondary N) is 1. The molecule has 0 spiro atoms. The molecule has 3 heteroatoms. The van der Waals surface area contributed by atoms with Crippen LogP contribution in [0.5, 0.6) is 0 Å². The third kappa shape index (κ3) is 3.89. The van der Waals surface area contributed by atoms with Crippen LogP contribution in [0, 0.1) is 11.3 Å². The SMILES string of the molecule is CNC1C(CN2CC(C)SC(C)C2)CCCC1(C)C. The molecule has 0 aromatic rings. The fraction of sp³-hybridized carbons (Fsp3) is 1.00. The molecular weight excluding hydrogens is 252 g/mol. The molecule has 4 unspecified atom stereocenters. The molecule has 112 valence electrons. The van der Waals surface area contributed by atoms with Crippen LogP contribution in [0.3, 0.4) is 0 Å². The van der Waals surface area contributed by atoms with E-state index in [1.165, 1.54) is 38.9 Å². The highest BCUT2D eigenvalue weighted by Crippen LogP contribution is 2.39. The average Bonchev–Trinajstić information content (AvgIpc) is 2.26. The van der Waals surface area contributed by atoms with Gasteiger partial charge in [0.1, 0.15) is 0 Å². The van der Waals surface area contributed by atoms with Gasteiger partial charge in [0.15, 0.2) is 0 Å². The fourth-order valence-corrected chi connectivity index (χ4v) is 5.76. The van der Waals surface area contributed by atoms with E-state index in [2.05, 4.69) is 56.7 Å². The molecule has 2 fully saturated rings. The van der Waals surface area contributed by atoms with Crippen molar-refractivity contribution in [3.8, 4) is 0 Å². The first-order valence-electron chi connectivity index (χ1n) is 7.97. The lowest BCUT2D eigenvalue weighted by atomic mass is 9.68. The van der Waals surface area contributed by atoms with Gasteiger partial charge in [0, 0.05) is 36.2 Å². The molecule has 1 saturated heterocycles. The first kappa shape index (κ1) is 15.7. The topological polar surface area (TPSA) is 15.3 Å². The van der Waals surface area contributed by atoms with Gasteiger partial charge in [0.05, 0.1) is 0 Å². The number of hydrogen-bond acceptors (Lipinski definition) is 3. The molecule has 2 nitrogen and oxygen atoms in total. The monoisotopic (exact) mass is 284 g/mol. The van der Waals surface area contributed by atoms with E-state index in [1.54, 1.807) is 0 Å². The van der Waals surface area contributed by atoms with Gasteiger partial charge in [-0.15, -0.1) is 0 Å². The summed E-state index contributed by atoms with van der Waals surface area (Å²) >= 11 is 2.16. The Kier molecular flexibility index (Phi) is 5.24. The molecule has 1 aliphatic heterocycles. The van der Waals surface area contributed by atoms with Crippen LogP contribution in [0.15, 0.2) is 0 Å². The van der Waals surface area contributed by atoms with Crippen molar-refractivity contribution < 1.29 is 0 Å². The summed E-state index contributed by atoms with van der Waals surface area (Å²) < 4.78 is 0. The van der Waals surface area contributed by atoms with Gasteiger partial charge in [-0.3, -0.25) is 0 Å². The van der Waals surface area contributed by atoms with Crippen LogP contribution in [0.2, 0.25) is 0 Å². The van der Waals surface area contributed by atoms with Crippen molar-refractivity contribution in [3.05, 3.63) is 0 Å². The number of hydrogen-bond donors (Lipinski definition) is 1. The largest absolute Gasteiger partial charge is 0.316 e. The zero-order chi connectivity index (χ0) is 14.0. The molecule has 1 saturated carbocycles. The Balaban J connectivity index is 1.97. The standard InChI is InChI=1S/C16H32N2S/c1-12-9-18(10-13(2)19-12)11-14-7-6-8-16(3,4)15(14)17-5/h12-15,17H,6-11H2,1-5H3. The maximum absolute atomic E-state index is 3.62. The highest BCUT2D eigenvalue weighted by molar-refractivity contribution is 8.00. The normalized spacial score (nSPS) is 40.3. The minimum Gasteiger partial charge on any atom is -0.316 e. The Hall–Kier alpha value is 0.270. The molecule has 1 aliphatic carbocycles. The minimum atomic E-state index is 0.458. The van der Waals surface area contributed by atoms with Crippen molar-refractivity contribution in [2.45, 2.75) is 63.5 Å². The van der Waals surface area contributed by atoms with E-state index in [1.807, 2.05) is 0 Å². The lowest BCUT2D eigenvalue weighted by Crippen LogP contribution is -2.53. The lowest BCUT2D eigenvalue weighted by molar-refractivity contribution is 0.0829. The zero-order valence-electron chi connectivity index (χ0n) is 13.4. The molecule has 1 heterocycles. The van der Waals surface area contributed by atoms with Gasteiger partial charge in [-0.1, -0.05) is 34.1 Å². The Labute approximate surface area is 124 Å². The van der Waals surface area contributed by atoms with Crippen LogP contribution in [0.4, 0.5) is 0 Å². The van der Waals surface area contributed by atoms with E-state index in [9.17, 15) is 0 Å². The Morgan fingerprint density at radius 3 is 2.42 bits per heavy atom. The van der Waals surface area contributed by atoms with E-state index in [0.29, 0.717) is 11.5 Å². The van der Waals surface area contributed by atoms with Crippen molar-refractivity contribution in [3.63, 3.8) is 0 Å². The number of nitrogens with zero attached hydrogens (tertiary/aromatic N) is 1. The molecule has 0 aromatic heterocycles. The van der Waals surface area contributed by atoms with Crippen LogP contribution >= 0.6 is 11.8 Å². The van der Waals surface area contributed by atoms with Crippen molar-refractivity contribution in [2.24, 2.45) is 11.3 Å². The lowest BCUT2D eigenvalue weighted by Gasteiger charge is -2.46. The predicted octanol–water partition coefficient (Wildman–Crippen LogP) is 3.23. The summed E-state index contributed by atoms with van der Waals surface area (Å²) in [6, 6.07) is 0.682. The van der Waals surface area contributed by atoms with Gasteiger partial charge in [-0.05, 0) is 31.2 Å². The van der Waals surface area contributed by atoms with Crippen LogP contribution in [-0.2, 0) is 0 Å². The second kappa shape index (κ2) is 6.36. The molecule has 2 aliphatic rings. The molecule has 1 N–H and O–H groups in total. The summed E-state index contributed by atoms with van der Waals surface area (Å²) in [6.07, 6.45) is 4.18. The Bertz CT molecular complexity index is 282. The van der Waals surface area contributed by atoms with E-state index in [4.69, 9.17) is 0 Å². The number of thioether (sulfide) groups is 1. The van der Waals surface area contributed by atoms with Crippen LogP contribution in [-0.4, -0.2) is 48.1 Å². The van der Waals surface area contributed by atoms with Crippen LogP contribution in [0.1, 0.15) is 47.0 Å². The average molecular weight is 285 g/mol. The van der Waals surface area contributed by atoms with Gasteiger partial charge in [-0.2, -0.15) is 11.8 Å². The molecule has 0 amide bonds. The van der Waals surface area contributed by atoms with Gasteiger partial charge < -0.3 is 10.2 Å². The highest BCUT2D eigenvalue weighted by atomic mass is 32.2. The van der Waals surface area contributed by atoms with Crippen molar-refractivity contribution >= 4 is 11.8 Å². The summed E-state index contributed by atoms with van der Waals surface area (Å²) in [7, 11) is 2.15. The second-order valence-corrected chi connectivity index (χ2v) is 9.26. The van der Waals surface area contributed by atoms with Gasteiger partial charge in [-0.25, -0.2) is 0 Å². The van der Waals surface area contributed by atoms with Gasteiger partial charge in [0.25, 0.3) is 0 Å². The predicted molar refractivity (Wildman–Crippen MR) is 86.9 cm³/mol. The quantitative estimate of drug-likeness (QED) is 0.856. The van der Waals surface area contributed by atoms with Crippen molar-refractivity contribution in [2.75, 3.05) is 26.7 Å². The Morgan fingerprint density at radius 2 is 1.84 bits per heavy atom. The van der Waals surface area contributed by atoms with E-state index in [0.717, 1.165) is 16.4 Å². The smallest absolute Gasteiger partial charge is 0.0156 e. The van der Waals surface area contributed by atoms with Gasteiger partial charge >= 0.3 is 0 Å². The maximum Gasteiger partial charge on any atom is 0.0156 e. The molecule has 4 atom stereocenters. The highest BCUT2D eigenvalue weighted by Gasteiger charge is 2.39. The van der Waals surface area contributed by atoms with E-state index < -0.39 is 0 Å². The molecule has 2 rings (SSSR count). The summed E-state index contributed by atoms with van der Waals surface area (Å²) in [4.78, 5) is 2.72. The molecular formula is C16H32N2S. The van der Waals surface area contributed by atoms with Crippen molar-refractivity contribution in [1.29, 1.82) is 0 Å². The molecule has 0 bridgehead atoms. The summed E-state index contributed by atoms with van der Waals surface area (Å²) in [5, 5.41) is 5.22. The molecule has 19 heavy (non-hydrogen) atoms. The third-order valence-corrected chi connectivity index (χ3v) is 6.24. The van der Waals surface area contributed by atoms with Crippen molar-refractivity contribution in [1.82, 2.24) is 10.2 Å². The van der Waals surface area contributed by atoms with Gasteiger partial charge in [0.2, 0.25) is 0 Å². The third-order valence-electron chi connectivity index (χ3n) is 5.01. The van der Waals surface area contributed by atoms with Crippen LogP contribution in [0.25, 0.3) is 0 Å². The van der Waals surface area contributed by atoms with Crippen LogP contribution < -0.4 is 5.32 Å². The minimum absolute atomic E-state index is 0.458. The first-order valence-corrected chi connectivity index (χ1v) is 8.91. The second-order valence-electron chi connectivity index (χ2n) is 7.38. The molecule has 0 aromatic carbocycles. The summed E-state index contributed by atoms with van der Waals surface area (Å²) in [5.41, 5.74) is 0.458. The Morgan fingerprint density at radius 1 is 1.21 bits per heavy atom. The first-order chi connectivity index (χ1) is 8.92. The zero-order valence-corrected chi connectivity index (χ0v) is 14.2. The number of rotatable bonds is 3. The fourth-order valence-electron chi connectivity index (χ4n) is 4.37. The summed E-state index contributed by atoms with van der Waals surface area (Å²) in [5.74, 6) is 0.830.